The summed E-state index contributed by atoms with van der Waals surface area (Å²) in [4.78, 5) is 20.4. The lowest BCUT2D eigenvalue weighted by Crippen LogP contribution is -2.28. The fraction of sp³-hybridized carbons (Fsp3) is 0.188. The van der Waals surface area contributed by atoms with Gasteiger partial charge in [0.2, 0.25) is 0 Å². The number of aromatic nitrogens is 4. The summed E-state index contributed by atoms with van der Waals surface area (Å²) < 4.78 is 90.3. The molecule has 0 aliphatic rings. The number of carbonyl (C=O) groups is 1. The number of primary amides is 1. The van der Waals surface area contributed by atoms with Gasteiger partial charge < -0.3 is 25.8 Å². The predicted molar refractivity (Wildman–Crippen MR) is 192 cm³/mol. The van der Waals surface area contributed by atoms with E-state index in [2.05, 4.69) is 15.2 Å². The number of likely N-dealkylation sites (N-methyl/N-ethyl adjacent to an activating group) is 1. The maximum Gasteiger partial charge on any atom is 0.269 e. The van der Waals surface area contributed by atoms with E-state index >= 15 is 8.78 Å². The molecule has 0 bridgehead atoms. The van der Waals surface area contributed by atoms with Gasteiger partial charge in [0, 0.05) is 41.5 Å². The van der Waals surface area contributed by atoms with Crippen LogP contribution in [0.5, 0.6) is 0 Å². The molecule has 0 aliphatic heterocycles. The SMILES string of the molecule is CN(C)CCN(c1cccnc1)c1ccc(-c2ccc3c(C(N)=O)nn(-c4ccc5onc(N)c5c4)c3c2F)c(F)c1.CS(=O)(=O)O.CS(=O)(=O)O. The fourth-order valence-corrected chi connectivity index (χ4v) is 4.93. The van der Waals surface area contributed by atoms with Crippen LogP contribution < -0.4 is 16.4 Å². The van der Waals surface area contributed by atoms with E-state index in [-0.39, 0.29) is 33.5 Å². The van der Waals surface area contributed by atoms with Crippen molar-refractivity contribution < 1.29 is 44.0 Å². The Balaban J connectivity index is 0.000000536. The van der Waals surface area contributed by atoms with Crippen LogP contribution in [0.2, 0.25) is 0 Å². The third-order valence-electron chi connectivity index (χ3n) is 7.03. The van der Waals surface area contributed by atoms with Crippen LogP contribution in [-0.2, 0) is 20.2 Å². The zero-order valence-electron chi connectivity index (χ0n) is 28.1. The van der Waals surface area contributed by atoms with E-state index in [0.29, 0.717) is 47.9 Å². The molecule has 276 valence electrons. The molecule has 20 heteroatoms. The van der Waals surface area contributed by atoms with Gasteiger partial charge in [-0.2, -0.15) is 21.9 Å². The minimum Gasteiger partial charge on any atom is -0.380 e. The van der Waals surface area contributed by atoms with Gasteiger partial charge in [-0.15, -0.1) is 0 Å². The number of nitrogens with zero attached hydrogens (tertiary/aromatic N) is 6. The number of rotatable bonds is 8. The average Bonchev–Trinajstić information content (AvgIpc) is 3.62. The summed E-state index contributed by atoms with van der Waals surface area (Å²) in [5.41, 5.74) is 13.6. The van der Waals surface area contributed by atoms with Crippen LogP contribution in [0.1, 0.15) is 10.5 Å². The van der Waals surface area contributed by atoms with Gasteiger partial charge in [-0.05, 0) is 68.7 Å². The Bertz CT molecular complexity index is 2410. The molecule has 0 atom stereocenters. The molecule has 0 radical (unpaired) electrons. The number of halogens is 2. The first-order chi connectivity index (χ1) is 24.2. The lowest BCUT2D eigenvalue weighted by atomic mass is 10.0. The Morgan fingerprint density at radius 3 is 2.13 bits per heavy atom. The number of anilines is 3. The van der Waals surface area contributed by atoms with Crippen LogP contribution in [-0.4, -0.2) is 96.4 Å². The van der Waals surface area contributed by atoms with E-state index in [4.69, 9.17) is 25.1 Å². The van der Waals surface area contributed by atoms with Crippen LogP contribution in [0.3, 0.4) is 0 Å². The monoisotopic (exact) mass is 760 g/mol. The lowest BCUT2D eigenvalue weighted by Gasteiger charge is -2.26. The topological polar surface area (TPSA) is 241 Å². The number of benzene rings is 3. The zero-order valence-corrected chi connectivity index (χ0v) is 29.7. The summed E-state index contributed by atoms with van der Waals surface area (Å²) in [5.74, 6) is -2.08. The molecule has 6 aromatic rings. The Morgan fingerprint density at radius 2 is 1.56 bits per heavy atom. The van der Waals surface area contributed by atoms with Crippen molar-refractivity contribution in [3.63, 3.8) is 0 Å². The van der Waals surface area contributed by atoms with Gasteiger partial charge in [0.15, 0.2) is 22.9 Å². The number of fused-ring (bicyclic) bond motifs is 2. The molecule has 0 spiro atoms. The van der Waals surface area contributed by atoms with Crippen molar-refractivity contribution in [2.45, 2.75) is 0 Å². The summed E-state index contributed by atoms with van der Waals surface area (Å²) >= 11 is 0. The summed E-state index contributed by atoms with van der Waals surface area (Å²) in [6, 6.07) is 16.1. The third kappa shape index (κ3) is 10.0. The first-order valence-electron chi connectivity index (χ1n) is 14.9. The smallest absolute Gasteiger partial charge is 0.269 e. The molecule has 6 rings (SSSR count). The van der Waals surface area contributed by atoms with Gasteiger partial charge in [-0.25, -0.2) is 13.5 Å². The maximum absolute atomic E-state index is 16.4. The molecule has 3 aromatic heterocycles. The Hall–Kier alpha value is -5.54. The minimum absolute atomic E-state index is 0.00416. The molecule has 52 heavy (non-hydrogen) atoms. The van der Waals surface area contributed by atoms with Crippen LogP contribution in [0.15, 0.2) is 77.6 Å². The number of nitrogens with two attached hydrogens (primary N) is 2. The first kappa shape index (κ1) is 39.2. The summed E-state index contributed by atoms with van der Waals surface area (Å²) in [6.07, 6.45) is 4.81. The second-order valence-corrected chi connectivity index (χ2v) is 14.4. The maximum atomic E-state index is 16.4. The van der Waals surface area contributed by atoms with E-state index in [1.165, 1.54) is 28.9 Å². The number of amides is 1. The number of pyridine rings is 1. The third-order valence-corrected chi connectivity index (χ3v) is 7.03. The lowest BCUT2D eigenvalue weighted by molar-refractivity contribution is 0.0996. The molecule has 3 heterocycles. The van der Waals surface area contributed by atoms with Crippen molar-refractivity contribution >= 4 is 65.2 Å². The molecule has 0 fully saturated rings. The van der Waals surface area contributed by atoms with E-state index in [0.717, 1.165) is 5.69 Å². The normalized spacial score (nSPS) is 11.6. The highest BCUT2D eigenvalue weighted by molar-refractivity contribution is 7.85. The van der Waals surface area contributed by atoms with E-state index in [1.807, 2.05) is 36.0 Å². The quantitative estimate of drug-likeness (QED) is 0.161. The number of hydrogen-bond donors (Lipinski definition) is 4. The second-order valence-electron chi connectivity index (χ2n) is 11.5. The molecule has 0 aliphatic carbocycles. The highest BCUT2D eigenvalue weighted by Crippen LogP contribution is 2.36. The van der Waals surface area contributed by atoms with Gasteiger partial charge in [0.1, 0.15) is 11.3 Å². The van der Waals surface area contributed by atoms with Gasteiger partial charge in [-0.3, -0.25) is 18.9 Å². The van der Waals surface area contributed by atoms with Crippen LogP contribution in [0, 0.1) is 11.6 Å². The largest absolute Gasteiger partial charge is 0.380 e. The minimum atomic E-state index is -3.67. The first-order valence-corrected chi connectivity index (χ1v) is 18.6. The molecule has 0 unspecified atom stereocenters. The van der Waals surface area contributed by atoms with Gasteiger partial charge >= 0.3 is 0 Å². The number of hydrogen-bond acceptors (Lipinski definition) is 12. The molecule has 16 nitrogen and oxygen atoms in total. The van der Waals surface area contributed by atoms with E-state index < -0.39 is 37.8 Å². The Kier molecular flexibility index (Phi) is 11.9. The molecular weight excluding hydrogens is 727 g/mol. The van der Waals surface area contributed by atoms with Crippen molar-refractivity contribution in [3.05, 3.63) is 90.4 Å². The van der Waals surface area contributed by atoms with E-state index in [1.54, 1.807) is 36.7 Å². The molecular formula is C32H34F2N8O8S2. The van der Waals surface area contributed by atoms with Gasteiger partial charge in [0.05, 0.1) is 35.5 Å². The second kappa shape index (κ2) is 15.8. The molecule has 3 aromatic carbocycles. The van der Waals surface area contributed by atoms with Crippen molar-refractivity contribution in [2.75, 3.05) is 50.3 Å². The number of nitrogen functional groups attached to an aromatic ring is 1. The standard InChI is InChI=1S/C30H26F2N8O2.2CH4O3S/c1-38(2)12-13-39(19-4-3-11-35-16-19)17-5-7-20(24(31)15-17)21-8-9-22-27(30(34)41)36-40(28(22)26(21)32)18-6-10-25-23(14-18)29(33)37-42-25;2*1-5(2,3)4/h3-11,14-16H,12-13H2,1-2H3,(H2,33,37)(H2,34,41);2*1H3,(H,2,3,4). The molecule has 6 N–H and O–H groups in total. The molecule has 0 saturated heterocycles. The van der Waals surface area contributed by atoms with Crippen LogP contribution >= 0.6 is 0 Å². The molecule has 1 amide bonds. The Labute approximate surface area is 296 Å². The van der Waals surface area contributed by atoms with Gasteiger partial charge in [-0.1, -0.05) is 11.2 Å². The zero-order chi connectivity index (χ0) is 38.5. The highest BCUT2D eigenvalue weighted by atomic mass is 32.2. The van der Waals surface area contributed by atoms with Crippen molar-refractivity contribution in [2.24, 2.45) is 5.73 Å². The van der Waals surface area contributed by atoms with Crippen LogP contribution in [0.25, 0.3) is 38.7 Å². The summed E-state index contributed by atoms with van der Waals surface area (Å²) in [6.45, 7) is 1.29. The average molecular weight is 761 g/mol. The van der Waals surface area contributed by atoms with Crippen LogP contribution in [0.4, 0.5) is 26.0 Å². The van der Waals surface area contributed by atoms with Gasteiger partial charge in [0.25, 0.3) is 26.1 Å². The highest BCUT2D eigenvalue weighted by Gasteiger charge is 2.24. The summed E-state index contributed by atoms with van der Waals surface area (Å²) in [5, 5.41) is 8.72. The van der Waals surface area contributed by atoms with Crippen molar-refractivity contribution in [1.82, 2.24) is 24.8 Å². The Morgan fingerprint density at radius 1 is 0.904 bits per heavy atom. The van der Waals surface area contributed by atoms with E-state index in [9.17, 15) is 21.6 Å². The van der Waals surface area contributed by atoms with Crippen molar-refractivity contribution in [1.29, 1.82) is 0 Å². The summed E-state index contributed by atoms with van der Waals surface area (Å²) in [7, 11) is -3.42. The predicted octanol–water partition coefficient (Wildman–Crippen LogP) is 3.90. The number of carbonyl (C=O) groups excluding carboxylic acids is 1. The molecule has 0 saturated carbocycles. The fourth-order valence-electron chi connectivity index (χ4n) is 4.93. The van der Waals surface area contributed by atoms with Crippen molar-refractivity contribution in [3.8, 4) is 16.8 Å².